The normalized spacial score (nSPS) is 16.4. The summed E-state index contributed by atoms with van der Waals surface area (Å²) >= 11 is 0. The maximum atomic E-state index is 10.9. The molecule has 0 aromatic heterocycles. The fraction of sp³-hybridized carbons (Fsp3) is 0.818. The van der Waals surface area contributed by atoms with Crippen molar-refractivity contribution in [3.63, 3.8) is 0 Å². The van der Waals surface area contributed by atoms with Gasteiger partial charge in [-0.2, -0.15) is 0 Å². The van der Waals surface area contributed by atoms with Crippen LogP contribution in [0.3, 0.4) is 0 Å². The zero-order valence-electron chi connectivity index (χ0n) is 32.5. The van der Waals surface area contributed by atoms with Gasteiger partial charge in [0, 0.05) is 38.8 Å². The van der Waals surface area contributed by atoms with Crippen LogP contribution in [0.5, 0.6) is 0 Å². The Labute approximate surface area is 301 Å². The van der Waals surface area contributed by atoms with E-state index in [1.165, 1.54) is 154 Å². The van der Waals surface area contributed by atoms with E-state index in [1.54, 1.807) is 0 Å². The predicted octanol–water partition coefficient (Wildman–Crippen LogP) is 11.9. The number of rotatable bonds is 34. The molecule has 2 N–H and O–H groups in total. The minimum atomic E-state index is -0.410. The molecule has 1 aliphatic heterocycles. The van der Waals surface area contributed by atoms with Crippen molar-refractivity contribution in [2.24, 2.45) is 0 Å². The Morgan fingerprint density at radius 3 is 1.29 bits per heavy atom. The number of likely N-dealkylation sites (N-methyl/N-ethyl adjacent to an activating group) is 1. The summed E-state index contributed by atoms with van der Waals surface area (Å²) in [7, 11) is 2.20. The molecule has 0 saturated carbocycles. The Balaban J connectivity index is 2.18. The fourth-order valence-corrected chi connectivity index (χ4v) is 6.67. The maximum absolute atomic E-state index is 10.9. The Hall–Kier alpha value is -1.20. The van der Waals surface area contributed by atoms with Gasteiger partial charge < -0.3 is 10.0 Å². The Morgan fingerprint density at radius 2 is 0.875 bits per heavy atom. The second-order valence-electron chi connectivity index (χ2n) is 14.7. The third-order valence-electron chi connectivity index (χ3n) is 9.96. The smallest absolute Gasteiger partial charge is 0.117 e. The monoisotopic (exact) mass is 670 g/mol. The van der Waals surface area contributed by atoms with Gasteiger partial charge in [0.05, 0.1) is 0 Å². The van der Waals surface area contributed by atoms with Crippen molar-refractivity contribution < 1.29 is 5.11 Å². The van der Waals surface area contributed by atoms with E-state index in [9.17, 15) is 5.11 Å². The number of β-amino-alcohol motifs (C(OH)–C–C–N with tert-alkyl or cyclic N) is 1. The molecule has 0 amide bonds. The molecule has 1 rings (SSSR count). The molecule has 4 heteroatoms. The topological polar surface area (TPSA) is 38.7 Å². The van der Waals surface area contributed by atoms with Crippen LogP contribution in [-0.2, 0) is 0 Å². The van der Waals surface area contributed by atoms with Crippen LogP contribution in [-0.4, -0.2) is 66.9 Å². The molecule has 1 unspecified atom stereocenters. The number of hydrogen-bond donors (Lipinski definition) is 2. The molecular weight excluding hydrogens is 587 g/mol. The second kappa shape index (κ2) is 35.6. The van der Waals surface area contributed by atoms with E-state index in [0.29, 0.717) is 6.04 Å². The highest BCUT2D eigenvalue weighted by Gasteiger charge is 2.19. The van der Waals surface area contributed by atoms with Crippen LogP contribution < -0.4 is 5.32 Å². The summed E-state index contributed by atoms with van der Waals surface area (Å²) in [5, 5.41) is 14.6. The fourth-order valence-electron chi connectivity index (χ4n) is 6.67. The van der Waals surface area contributed by atoms with Crippen molar-refractivity contribution in [3.05, 3.63) is 48.6 Å². The molecule has 0 radical (unpaired) electrons. The average molecular weight is 670 g/mol. The average Bonchev–Trinajstić information content (AvgIpc) is 3.08. The molecule has 1 fully saturated rings. The Morgan fingerprint density at radius 1 is 0.500 bits per heavy atom. The lowest BCUT2D eigenvalue weighted by atomic mass is 9.99. The Kier molecular flexibility index (Phi) is 33.3. The summed E-state index contributed by atoms with van der Waals surface area (Å²) < 4.78 is 0. The first-order chi connectivity index (χ1) is 23.7. The van der Waals surface area contributed by atoms with Gasteiger partial charge in [-0.05, 0) is 84.1 Å². The van der Waals surface area contributed by atoms with E-state index >= 15 is 0 Å². The molecule has 48 heavy (non-hydrogen) atoms. The molecule has 1 aliphatic rings. The summed E-state index contributed by atoms with van der Waals surface area (Å²) in [6.45, 7) is 9.65. The Bertz CT molecular complexity index is 719. The highest BCUT2D eigenvalue weighted by atomic mass is 16.3. The largest absolute Gasteiger partial charge is 0.377 e. The van der Waals surface area contributed by atoms with Crippen LogP contribution in [0.4, 0.5) is 0 Å². The maximum Gasteiger partial charge on any atom is 0.117 e. The lowest BCUT2D eigenvalue weighted by molar-refractivity contribution is 0.0514. The molecule has 0 bridgehead atoms. The minimum absolute atomic E-state index is 0.410. The van der Waals surface area contributed by atoms with E-state index in [2.05, 4.69) is 84.6 Å². The van der Waals surface area contributed by atoms with Crippen LogP contribution in [0.1, 0.15) is 181 Å². The zero-order chi connectivity index (χ0) is 34.6. The van der Waals surface area contributed by atoms with Gasteiger partial charge in [-0.15, -0.1) is 0 Å². The van der Waals surface area contributed by atoms with Crippen molar-refractivity contribution >= 4 is 0 Å². The van der Waals surface area contributed by atoms with Gasteiger partial charge in [0.2, 0.25) is 0 Å². The molecule has 0 aliphatic carbocycles. The summed E-state index contributed by atoms with van der Waals surface area (Å²) in [5.41, 5.74) is 0. The molecule has 1 saturated heterocycles. The number of nitrogens with one attached hydrogen (secondary N) is 1. The second-order valence-corrected chi connectivity index (χ2v) is 14.7. The highest BCUT2D eigenvalue weighted by Crippen LogP contribution is 2.16. The first kappa shape index (κ1) is 44.8. The van der Waals surface area contributed by atoms with Crippen molar-refractivity contribution in [3.8, 4) is 0 Å². The van der Waals surface area contributed by atoms with E-state index in [4.69, 9.17) is 0 Å². The number of hydrogen-bond acceptors (Lipinski definition) is 4. The van der Waals surface area contributed by atoms with Gasteiger partial charge in [-0.25, -0.2) is 0 Å². The van der Waals surface area contributed by atoms with Crippen molar-refractivity contribution in [1.82, 2.24) is 15.1 Å². The summed E-state index contributed by atoms with van der Waals surface area (Å²) in [6, 6.07) is 0.448. The molecule has 1 atom stereocenters. The van der Waals surface area contributed by atoms with Gasteiger partial charge in [0.15, 0.2) is 0 Å². The summed E-state index contributed by atoms with van der Waals surface area (Å²) in [6.07, 6.45) is 52.0. The number of piperazine rings is 1. The lowest BCUT2D eigenvalue weighted by Gasteiger charge is -2.34. The summed E-state index contributed by atoms with van der Waals surface area (Å²) in [4.78, 5) is 4.81. The highest BCUT2D eigenvalue weighted by molar-refractivity contribution is 4.93. The molecule has 1 heterocycles. The van der Waals surface area contributed by atoms with Crippen molar-refractivity contribution in [2.45, 2.75) is 193 Å². The molecule has 0 aromatic rings. The van der Waals surface area contributed by atoms with E-state index < -0.39 is 6.23 Å². The third-order valence-corrected chi connectivity index (χ3v) is 9.96. The molecule has 0 spiro atoms. The number of aliphatic hydroxyl groups is 1. The lowest BCUT2D eigenvalue weighted by Crippen LogP contribution is -2.51. The van der Waals surface area contributed by atoms with Gasteiger partial charge in [-0.1, -0.05) is 152 Å². The van der Waals surface area contributed by atoms with Crippen molar-refractivity contribution in [2.75, 3.05) is 39.8 Å². The number of nitrogens with zero attached hydrogens (tertiary/aromatic N) is 2. The van der Waals surface area contributed by atoms with Crippen LogP contribution in [0.2, 0.25) is 0 Å². The van der Waals surface area contributed by atoms with Gasteiger partial charge in [0.1, 0.15) is 6.23 Å². The first-order valence-electron chi connectivity index (χ1n) is 21.1. The van der Waals surface area contributed by atoms with Crippen LogP contribution in [0, 0.1) is 0 Å². The van der Waals surface area contributed by atoms with Gasteiger partial charge >= 0.3 is 0 Å². The number of unbranched alkanes of at least 4 members (excludes halogenated alkanes) is 18. The SMILES string of the molecule is CCCCCC=CCC=CCCCCCCCCC(CCCCCCCCC=CCC=CCCCCC)NC(O)CN1CCN(C)CC1. The van der Waals surface area contributed by atoms with Crippen LogP contribution >= 0.6 is 0 Å². The first-order valence-corrected chi connectivity index (χ1v) is 21.1. The zero-order valence-corrected chi connectivity index (χ0v) is 32.5. The van der Waals surface area contributed by atoms with E-state index in [-0.39, 0.29) is 0 Å². The molecule has 280 valence electrons. The number of aliphatic hydroxyl groups excluding tert-OH is 1. The third kappa shape index (κ3) is 30.8. The quantitative estimate of drug-likeness (QED) is 0.0406. The molecular formula is C44H83N3O. The molecule has 0 aromatic carbocycles. The number of allylic oxidation sites excluding steroid dienone is 8. The van der Waals surface area contributed by atoms with E-state index in [1.807, 2.05) is 0 Å². The van der Waals surface area contributed by atoms with Gasteiger partial charge in [0.25, 0.3) is 0 Å². The minimum Gasteiger partial charge on any atom is -0.377 e. The summed E-state index contributed by atoms with van der Waals surface area (Å²) in [5.74, 6) is 0. The van der Waals surface area contributed by atoms with Crippen LogP contribution in [0.15, 0.2) is 48.6 Å². The molecule has 4 nitrogen and oxygen atoms in total. The van der Waals surface area contributed by atoms with Gasteiger partial charge in [-0.3, -0.25) is 10.2 Å². The van der Waals surface area contributed by atoms with Crippen LogP contribution in [0.25, 0.3) is 0 Å². The standard InChI is InChI=1S/C44H83N3O/c1-4-6-8-10-12-14-16-18-20-22-24-26-28-30-32-34-36-43(45-44(48)42-47-40-38-46(3)39-41-47)37-35-33-31-29-27-25-23-21-19-17-15-13-11-9-7-5-2/h12-15,18-21,43-45,48H,4-11,16-17,22-42H2,1-3H3. The predicted molar refractivity (Wildman–Crippen MR) is 215 cm³/mol. The van der Waals surface area contributed by atoms with Crippen molar-refractivity contribution in [1.29, 1.82) is 0 Å². The van der Waals surface area contributed by atoms with E-state index in [0.717, 1.165) is 45.6 Å².